The molecule has 2 N–H and O–H groups in total. The average Bonchev–Trinajstić information content (AvgIpc) is 2.97. The van der Waals surface area contributed by atoms with Crippen molar-refractivity contribution in [3.05, 3.63) is 77.1 Å². The topological polar surface area (TPSA) is 61.0 Å². The van der Waals surface area contributed by atoms with Crippen LogP contribution in [0.5, 0.6) is 0 Å². The third-order valence-electron chi connectivity index (χ3n) is 4.31. The van der Waals surface area contributed by atoms with Crippen LogP contribution in [-0.4, -0.2) is 23.2 Å². The standard InChI is InChI=1S/C20H22N4O/c1-14-19(15(2)23-22-14)13-21-17-9-7-8-16(12-17)20(25)24(3)18-10-5-4-6-11-18/h4-12,21H,13H2,1-3H3,(H,22,23). The molecule has 0 saturated heterocycles. The number of rotatable bonds is 5. The molecule has 0 atom stereocenters. The van der Waals surface area contributed by atoms with Crippen LogP contribution in [0.15, 0.2) is 54.6 Å². The maximum absolute atomic E-state index is 12.7. The van der Waals surface area contributed by atoms with Crippen molar-refractivity contribution in [3.8, 4) is 0 Å². The predicted octanol–water partition coefficient (Wildman–Crippen LogP) is 3.92. The van der Waals surface area contributed by atoms with Gasteiger partial charge in [-0.15, -0.1) is 0 Å². The first-order valence-electron chi connectivity index (χ1n) is 8.23. The highest BCUT2D eigenvalue weighted by atomic mass is 16.2. The third-order valence-corrected chi connectivity index (χ3v) is 4.31. The SMILES string of the molecule is Cc1n[nH]c(C)c1CNc1cccc(C(=O)N(C)c2ccccc2)c1. The molecule has 0 aliphatic carbocycles. The zero-order valence-corrected chi connectivity index (χ0v) is 14.7. The highest BCUT2D eigenvalue weighted by Crippen LogP contribution is 2.18. The van der Waals surface area contributed by atoms with E-state index in [1.54, 1.807) is 11.9 Å². The van der Waals surface area contributed by atoms with Gasteiger partial charge < -0.3 is 10.2 Å². The number of carbonyl (C=O) groups is 1. The van der Waals surface area contributed by atoms with Gasteiger partial charge in [0.1, 0.15) is 0 Å². The molecule has 0 unspecified atom stereocenters. The van der Waals surface area contributed by atoms with Gasteiger partial charge in [-0.1, -0.05) is 24.3 Å². The van der Waals surface area contributed by atoms with Crippen LogP contribution in [0.1, 0.15) is 27.3 Å². The Kier molecular flexibility index (Phi) is 4.84. The summed E-state index contributed by atoms with van der Waals surface area (Å²) in [6, 6.07) is 17.2. The number of hydrogen-bond acceptors (Lipinski definition) is 3. The van der Waals surface area contributed by atoms with Crippen molar-refractivity contribution in [1.82, 2.24) is 10.2 Å². The van der Waals surface area contributed by atoms with Crippen molar-refractivity contribution < 1.29 is 4.79 Å². The molecule has 25 heavy (non-hydrogen) atoms. The fraction of sp³-hybridized carbons (Fsp3) is 0.200. The molecule has 1 heterocycles. The number of anilines is 2. The lowest BCUT2D eigenvalue weighted by Crippen LogP contribution is -2.26. The lowest BCUT2D eigenvalue weighted by molar-refractivity contribution is 0.0993. The Morgan fingerprint density at radius 1 is 1.12 bits per heavy atom. The molecular weight excluding hydrogens is 312 g/mol. The average molecular weight is 334 g/mol. The van der Waals surface area contributed by atoms with Gasteiger partial charge in [-0.05, 0) is 44.2 Å². The van der Waals surface area contributed by atoms with Crippen molar-refractivity contribution in [3.63, 3.8) is 0 Å². The quantitative estimate of drug-likeness (QED) is 0.743. The van der Waals surface area contributed by atoms with Gasteiger partial charge in [0.15, 0.2) is 0 Å². The molecule has 2 aromatic carbocycles. The van der Waals surface area contributed by atoms with Gasteiger partial charge in [-0.2, -0.15) is 5.10 Å². The summed E-state index contributed by atoms with van der Waals surface area (Å²) in [6.45, 7) is 4.65. The minimum Gasteiger partial charge on any atom is -0.381 e. The Labute approximate surface area is 147 Å². The van der Waals surface area contributed by atoms with E-state index in [1.165, 1.54) is 0 Å². The van der Waals surface area contributed by atoms with Gasteiger partial charge in [0.05, 0.1) is 5.69 Å². The second-order valence-corrected chi connectivity index (χ2v) is 6.05. The van der Waals surface area contributed by atoms with Gasteiger partial charge >= 0.3 is 0 Å². The van der Waals surface area contributed by atoms with E-state index in [0.717, 1.165) is 28.3 Å². The number of carbonyl (C=O) groups excluding carboxylic acids is 1. The predicted molar refractivity (Wildman–Crippen MR) is 101 cm³/mol. The van der Waals surface area contributed by atoms with E-state index in [4.69, 9.17) is 0 Å². The first-order valence-corrected chi connectivity index (χ1v) is 8.23. The Hall–Kier alpha value is -3.08. The maximum atomic E-state index is 12.7. The molecule has 3 rings (SSSR count). The molecule has 0 saturated carbocycles. The van der Waals surface area contributed by atoms with Crippen molar-refractivity contribution in [2.75, 3.05) is 17.3 Å². The number of benzene rings is 2. The summed E-state index contributed by atoms with van der Waals surface area (Å²) >= 11 is 0. The van der Waals surface area contributed by atoms with Crippen LogP contribution in [-0.2, 0) is 6.54 Å². The van der Waals surface area contributed by atoms with Crippen LogP contribution in [0.2, 0.25) is 0 Å². The van der Waals surface area contributed by atoms with Crippen LogP contribution in [0, 0.1) is 13.8 Å². The van der Waals surface area contributed by atoms with Crippen LogP contribution in [0.4, 0.5) is 11.4 Å². The number of para-hydroxylation sites is 1. The van der Waals surface area contributed by atoms with E-state index < -0.39 is 0 Å². The van der Waals surface area contributed by atoms with Crippen LogP contribution >= 0.6 is 0 Å². The number of aromatic nitrogens is 2. The van der Waals surface area contributed by atoms with Gasteiger partial charge in [-0.3, -0.25) is 9.89 Å². The summed E-state index contributed by atoms with van der Waals surface area (Å²) in [5.41, 5.74) is 5.63. The number of aryl methyl sites for hydroxylation is 2. The number of amides is 1. The molecule has 1 amide bonds. The third kappa shape index (κ3) is 3.71. The lowest BCUT2D eigenvalue weighted by Gasteiger charge is -2.18. The number of nitrogens with one attached hydrogen (secondary N) is 2. The van der Waals surface area contributed by atoms with Gasteiger partial charge in [-0.25, -0.2) is 0 Å². The summed E-state index contributed by atoms with van der Waals surface area (Å²) in [7, 11) is 1.79. The zero-order valence-electron chi connectivity index (χ0n) is 14.7. The molecule has 0 spiro atoms. The molecule has 0 aliphatic rings. The van der Waals surface area contributed by atoms with Crippen LogP contribution < -0.4 is 10.2 Å². The monoisotopic (exact) mass is 334 g/mol. The molecule has 5 nitrogen and oxygen atoms in total. The number of hydrogen-bond donors (Lipinski definition) is 2. The summed E-state index contributed by atoms with van der Waals surface area (Å²) in [5, 5.41) is 10.6. The normalized spacial score (nSPS) is 10.5. The van der Waals surface area contributed by atoms with E-state index in [9.17, 15) is 4.79 Å². The van der Waals surface area contributed by atoms with E-state index in [0.29, 0.717) is 12.1 Å². The Balaban J connectivity index is 1.74. The number of aromatic amines is 1. The molecule has 0 fully saturated rings. The second kappa shape index (κ2) is 7.21. The van der Waals surface area contributed by atoms with E-state index in [1.807, 2.05) is 68.4 Å². The Bertz CT molecular complexity index is 851. The maximum Gasteiger partial charge on any atom is 0.258 e. The molecule has 0 aliphatic heterocycles. The fourth-order valence-electron chi connectivity index (χ4n) is 2.75. The molecule has 0 bridgehead atoms. The van der Waals surface area contributed by atoms with E-state index in [-0.39, 0.29) is 5.91 Å². The Morgan fingerprint density at radius 2 is 1.88 bits per heavy atom. The first-order chi connectivity index (χ1) is 12.1. The molecular formula is C20H22N4O. The lowest BCUT2D eigenvalue weighted by atomic mass is 10.1. The Morgan fingerprint density at radius 3 is 2.56 bits per heavy atom. The second-order valence-electron chi connectivity index (χ2n) is 6.05. The van der Waals surface area contributed by atoms with E-state index >= 15 is 0 Å². The molecule has 5 heteroatoms. The minimum atomic E-state index is -0.0366. The zero-order chi connectivity index (χ0) is 17.8. The molecule has 3 aromatic rings. The highest BCUT2D eigenvalue weighted by molar-refractivity contribution is 6.06. The van der Waals surface area contributed by atoms with Crippen molar-refractivity contribution in [1.29, 1.82) is 0 Å². The van der Waals surface area contributed by atoms with Crippen LogP contribution in [0.25, 0.3) is 0 Å². The smallest absolute Gasteiger partial charge is 0.258 e. The molecule has 0 radical (unpaired) electrons. The van der Waals surface area contributed by atoms with E-state index in [2.05, 4.69) is 15.5 Å². The van der Waals surface area contributed by atoms with Crippen molar-refractivity contribution in [2.24, 2.45) is 0 Å². The number of H-pyrrole nitrogens is 1. The number of nitrogens with zero attached hydrogens (tertiary/aromatic N) is 2. The van der Waals surface area contributed by atoms with Crippen molar-refractivity contribution in [2.45, 2.75) is 20.4 Å². The molecule has 128 valence electrons. The first kappa shape index (κ1) is 16.8. The fourth-order valence-corrected chi connectivity index (χ4v) is 2.75. The minimum absolute atomic E-state index is 0.0366. The van der Waals surface area contributed by atoms with Crippen molar-refractivity contribution >= 4 is 17.3 Å². The van der Waals surface area contributed by atoms with Crippen LogP contribution in [0.3, 0.4) is 0 Å². The highest BCUT2D eigenvalue weighted by Gasteiger charge is 2.14. The largest absolute Gasteiger partial charge is 0.381 e. The van der Waals surface area contributed by atoms with Gasteiger partial charge in [0, 0.05) is 41.8 Å². The summed E-state index contributed by atoms with van der Waals surface area (Å²) < 4.78 is 0. The van der Waals surface area contributed by atoms with Gasteiger partial charge in [0.25, 0.3) is 5.91 Å². The summed E-state index contributed by atoms with van der Waals surface area (Å²) in [5.74, 6) is -0.0366. The van der Waals surface area contributed by atoms with Gasteiger partial charge in [0.2, 0.25) is 0 Å². The molecule has 1 aromatic heterocycles. The summed E-state index contributed by atoms with van der Waals surface area (Å²) in [6.07, 6.45) is 0. The summed E-state index contributed by atoms with van der Waals surface area (Å²) in [4.78, 5) is 14.4.